The van der Waals surface area contributed by atoms with E-state index in [1.54, 1.807) is 6.92 Å². The normalized spacial score (nSPS) is 18.4. The van der Waals surface area contributed by atoms with Crippen LogP contribution >= 0.6 is 11.8 Å². The molecule has 2 atom stereocenters. The summed E-state index contributed by atoms with van der Waals surface area (Å²) in [6.07, 6.45) is 1.89. The lowest BCUT2D eigenvalue weighted by Gasteiger charge is -2.17. The standard InChI is InChI=1S/C11H20N6OS/c1-7(18)8(2)19-11-14-9(16-12)13-10(15-11)17-5-3-4-6-17/h7-8,18H,3-6,12H2,1-2H3,(H,13,14,15,16). The summed E-state index contributed by atoms with van der Waals surface area (Å²) in [5.41, 5.74) is 2.47. The van der Waals surface area contributed by atoms with Gasteiger partial charge in [0.05, 0.1) is 6.10 Å². The maximum Gasteiger partial charge on any atom is 0.242 e. The molecule has 0 radical (unpaired) electrons. The van der Waals surface area contributed by atoms with Crippen LogP contribution in [0.25, 0.3) is 0 Å². The van der Waals surface area contributed by atoms with Gasteiger partial charge in [-0.05, 0) is 19.8 Å². The fourth-order valence-electron chi connectivity index (χ4n) is 1.79. The Kier molecular flexibility index (Phi) is 4.78. The molecule has 1 aromatic heterocycles. The number of hydrogen-bond acceptors (Lipinski definition) is 8. The topological polar surface area (TPSA) is 100 Å². The zero-order chi connectivity index (χ0) is 13.8. The number of aromatic nitrogens is 3. The molecule has 0 bridgehead atoms. The van der Waals surface area contributed by atoms with E-state index in [0.717, 1.165) is 25.9 Å². The molecule has 2 heterocycles. The van der Waals surface area contributed by atoms with E-state index in [0.29, 0.717) is 17.1 Å². The molecular formula is C11H20N6OS. The highest BCUT2D eigenvalue weighted by Gasteiger charge is 2.19. The van der Waals surface area contributed by atoms with E-state index >= 15 is 0 Å². The van der Waals surface area contributed by atoms with Crippen molar-refractivity contribution < 1.29 is 5.11 Å². The third kappa shape index (κ3) is 3.68. The number of nitrogens with zero attached hydrogens (tertiary/aromatic N) is 4. The van der Waals surface area contributed by atoms with Gasteiger partial charge in [0, 0.05) is 18.3 Å². The number of nitrogen functional groups attached to an aromatic ring is 1. The molecule has 4 N–H and O–H groups in total. The minimum absolute atomic E-state index is 0.0134. The van der Waals surface area contributed by atoms with Gasteiger partial charge >= 0.3 is 0 Å². The molecule has 0 aliphatic carbocycles. The second kappa shape index (κ2) is 6.36. The Morgan fingerprint density at radius 1 is 1.26 bits per heavy atom. The molecular weight excluding hydrogens is 264 g/mol. The van der Waals surface area contributed by atoms with Crippen LogP contribution in [-0.4, -0.2) is 44.5 Å². The third-order valence-electron chi connectivity index (χ3n) is 3.09. The van der Waals surface area contributed by atoms with Crippen LogP contribution in [-0.2, 0) is 0 Å². The highest BCUT2D eigenvalue weighted by Crippen LogP contribution is 2.25. The van der Waals surface area contributed by atoms with Crippen molar-refractivity contribution in [2.45, 2.75) is 43.2 Å². The highest BCUT2D eigenvalue weighted by atomic mass is 32.2. The number of aliphatic hydroxyl groups excluding tert-OH is 1. The van der Waals surface area contributed by atoms with E-state index in [9.17, 15) is 5.11 Å². The molecule has 0 spiro atoms. The summed E-state index contributed by atoms with van der Waals surface area (Å²) in [6.45, 7) is 5.61. The van der Waals surface area contributed by atoms with Crippen molar-refractivity contribution in [1.82, 2.24) is 15.0 Å². The van der Waals surface area contributed by atoms with Crippen LogP contribution in [0.2, 0.25) is 0 Å². The van der Waals surface area contributed by atoms with Gasteiger partial charge in [0.25, 0.3) is 0 Å². The summed E-state index contributed by atoms with van der Waals surface area (Å²) >= 11 is 1.42. The van der Waals surface area contributed by atoms with E-state index in [2.05, 4.69) is 25.3 Å². The predicted molar refractivity (Wildman–Crippen MR) is 76.1 cm³/mol. The first-order valence-corrected chi connectivity index (χ1v) is 7.30. The average molecular weight is 284 g/mol. The van der Waals surface area contributed by atoms with Crippen molar-refractivity contribution in [2.24, 2.45) is 5.84 Å². The minimum atomic E-state index is -0.425. The lowest BCUT2D eigenvalue weighted by molar-refractivity contribution is 0.196. The summed E-state index contributed by atoms with van der Waals surface area (Å²) in [7, 11) is 0. The molecule has 1 aliphatic heterocycles. The second-order valence-electron chi connectivity index (χ2n) is 4.64. The molecule has 7 nitrogen and oxygen atoms in total. The Morgan fingerprint density at radius 2 is 1.95 bits per heavy atom. The van der Waals surface area contributed by atoms with E-state index in [1.165, 1.54) is 11.8 Å². The molecule has 1 aromatic rings. The average Bonchev–Trinajstić information content (AvgIpc) is 2.92. The van der Waals surface area contributed by atoms with Gasteiger partial charge in [-0.15, -0.1) is 0 Å². The molecule has 2 rings (SSSR count). The molecule has 0 aromatic carbocycles. The lowest BCUT2D eigenvalue weighted by Crippen LogP contribution is -2.23. The number of nitrogens with two attached hydrogens (primary N) is 1. The van der Waals surface area contributed by atoms with E-state index < -0.39 is 6.10 Å². The summed E-state index contributed by atoms with van der Waals surface area (Å²) < 4.78 is 0. The Balaban J connectivity index is 2.20. The van der Waals surface area contributed by atoms with Crippen molar-refractivity contribution in [3.63, 3.8) is 0 Å². The summed E-state index contributed by atoms with van der Waals surface area (Å²) in [4.78, 5) is 15.1. The first-order valence-electron chi connectivity index (χ1n) is 6.42. The van der Waals surface area contributed by atoms with Gasteiger partial charge < -0.3 is 10.0 Å². The smallest absolute Gasteiger partial charge is 0.242 e. The molecule has 0 saturated carbocycles. The van der Waals surface area contributed by atoms with Crippen LogP contribution in [0, 0.1) is 0 Å². The Labute approximate surface area is 117 Å². The zero-order valence-corrected chi connectivity index (χ0v) is 12.0. The van der Waals surface area contributed by atoms with Crippen LogP contribution in [0.3, 0.4) is 0 Å². The molecule has 8 heteroatoms. The van der Waals surface area contributed by atoms with Crippen LogP contribution in [0.4, 0.5) is 11.9 Å². The zero-order valence-electron chi connectivity index (χ0n) is 11.2. The quantitative estimate of drug-likeness (QED) is 0.411. The molecule has 1 saturated heterocycles. The number of anilines is 2. The monoisotopic (exact) mass is 284 g/mol. The molecule has 1 fully saturated rings. The van der Waals surface area contributed by atoms with Crippen molar-refractivity contribution in [1.29, 1.82) is 0 Å². The van der Waals surface area contributed by atoms with Gasteiger partial charge in [0.15, 0.2) is 5.16 Å². The molecule has 106 valence electrons. The van der Waals surface area contributed by atoms with Gasteiger partial charge in [-0.25, -0.2) is 5.84 Å². The largest absolute Gasteiger partial charge is 0.392 e. The predicted octanol–water partition coefficient (Wildman–Crippen LogP) is 0.619. The van der Waals surface area contributed by atoms with Crippen LogP contribution in [0.5, 0.6) is 0 Å². The van der Waals surface area contributed by atoms with E-state index in [1.807, 2.05) is 6.92 Å². The van der Waals surface area contributed by atoms with Crippen LogP contribution in [0.1, 0.15) is 26.7 Å². The summed E-state index contributed by atoms with van der Waals surface area (Å²) in [6, 6.07) is 0. The fourth-order valence-corrected chi connectivity index (χ4v) is 2.59. The minimum Gasteiger partial charge on any atom is -0.392 e. The van der Waals surface area contributed by atoms with Crippen LogP contribution in [0.15, 0.2) is 5.16 Å². The Hall–Kier alpha value is -1.12. The van der Waals surface area contributed by atoms with Gasteiger partial charge in [-0.3, -0.25) is 5.43 Å². The van der Waals surface area contributed by atoms with Crippen molar-refractivity contribution in [3.05, 3.63) is 0 Å². The first kappa shape index (κ1) is 14.3. The number of hydrogen-bond donors (Lipinski definition) is 3. The molecule has 0 amide bonds. The van der Waals surface area contributed by atoms with Gasteiger partial charge in [0.1, 0.15) is 0 Å². The summed E-state index contributed by atoms with van der Waals surface area (Å²) in [5.74, 6) is 6.41. The summed E-state index contributed by atoms with van der Waals surface area (Å²) in [5, 5.41) is 10.1. The van der Waals surface area contributed by atoms with Crippen molar-refractivity contribution in [3.8, 4) is 0 Å². The van der Waals surface area contributed by atoms with Crippen molar-refractivity contribution >= 4 is 23.7 Å². The maximum absolute atomic E-state index is 9.55. The van der Waals surface area contributed by atoms with Crippen molar-refractivity contribution in [2.75, 3.05) is 23.4 Å². The molecule has 2 unspecified atom stereocenters. The number of rotatable bonds is 5. The van der Waals surface area contributed by atoms with E-state index in [4.69, 9.17) is 5.84 Å². The second-order valence-corrected chi connectivity index (χ2v) is 5.99. The number of aliphatic hydroxyl groups is 1. The first-order chi connectivity index (χ1) is 9.10. The maximum atomic E-state index is 9.55. The number of nitrogens with one attached hydrogen (secondary N) is 1. The number of hydrazine groups is 1. The SMILES string of the molecule is CC(O)C(C)Sc1nc(NN)nc(N2CCCC2)n1. The Morgan fingerprint density at radius 3 is 2.53 bits per heavy atom. The van der Waals surface area contributed by atoms with Gasteiger partial charge in [0.2, 0.25) is 11.9 Å². The number of thioether (sulfide) groups is 1. The fraction of sp³-hybridized carbons (Fsp3) is 0.727. The van der Waals surface area contributed by atoms with E-state index in [-0.39, 0.29) is 5.25 Å². The van der Waals surface area contributed by atoms with Crippen LogP contribution < -0.4 is 16.2 Å². The molecule has 1 aliphatic rings. The Bertz CT molecular complexity index is 424. The lowest BCUT2D eigenvalue weighted by atomic mass is 10.3. The van der Waals surface area contributed by atoms with Gasteiger partial charge in [-0.1, -0.05) is 18.7 Å². The third-order valence-corrected chi connectivity index (χ3v) is 4.25. The highest BCUT2D eigenvalue weighted by molar-refractivity contribution is 7.99. The van der Waals surface area contributed by atoms with Gasteiger partial charge in [-0.2, -0.15) is 15.0 Å². The molecule has 19 heavy (non-hydrogen) atoms.